The summed E-state index contributed by atoms with van der Waals surface area (Å²) < 4.78 is 4.96. The highest BCUT2D eigenvalue weighted by Gasteiger charge is 2.26. The van der Waals surface area contributed by atoms with Crippen LogP contribution in [0.3, 0.4) is 0 Å². The molecule has 0 fully saturated rings. The summed E-state index contributed by atoms with van der Waals surface area (Å²) in [6, 6.07) is -0.0856. The van der Waals surface area contributed by atoms with Crippen LogP contribution in [0.5, 0.6) is 0 Å². The van der Waals surface area contributed by atoms with Crippen molar-refractivity contribution in [3.05, 3.63) is 23.3 Å². The highest BCUT2D eigenvalue weighted by molar-refractivity contribution is 7.81. The standard InChI is InChI=1S/C20H31N3O3S/c1-19(2,3)26-18(25)21-14-9-10-15-13(11-14)7-6-8-16(15)22-23-17(24)12-20(4,5)27/h9-10,14,27H,6-8,11-12H2,1-5H3,(H,21,25)(H,23,24). The van der Waals surface area contributed by atoms with E-state index in [-0.39, 0.29) is 16.7 Å². The molecule has 0 aromatic carbocycles. The molecule has 2 aliphatic rings. The number of allylic oxidation sites excluding steroid dienone is 2. The second-order valence-corrected chi connectivity index (χ2v) is 9.98. The summed E-state index contributed by atoms with van der Waals surface area (Å²) in [6.07, 6.45) is 7.38. The molecule has 27 heavy (non-hydrogen) atoms. The van der Waals surface area contributed by atoms with Crippen molar-refractivity contribution in [1.29, 1.82) is 0 Å². The van der Waals surface area contributed by atoms with Gasteiger partial charge in [0.25, 0.3) is 0 Å². The third-order valence-corrected chi connectivity index (χ3v) is 4.31. The normalized spacial score (nSPS) is 21.7. The summed E-state index contributed by atoms with van der Waals surface area (Å²) in [4.78, 5) is 24.0. The molecule has 2 amide bonds. The van der Waals surface area contributed by atoms with E-state index < -0.39 is 11.7 Å². The van der Waals surface area contributed by atoms with Crippen molar-refractivity contribution in [2.45, 2.75) is 83.1 Å². The molecule has 1 atom stereocenters. The number of alkyl carbamates (subject to hydrolysis) is 1. The van der Waals surface area contributed by atoms with Gasteiger partial charge < -0.3 is 10.1 Å². The Kier molecular flexibility index (Phi) is 6.78. The van der Waals surface area contributed by atoms with Crippen molar-refractivity contribution in [1.82, 2.24) is 10.7 Å². The number of hydrogen-bond donors (Lipinski definition) is 3. The molecule has 0 aliphatic heterocycles. The van der Waals surface area contributed by atoms with Crippen LogP contribution in [-0.2, 0) is 9.53 Å². The Morgan fingerprint density at radius 2 is 1.96 bits per heavy atom. The molecule has 2 rings (SSSR count). The average Bonchev–Trinajstić information content (AvgIpc) is 2.49. The fraction of sp³-hybridized carbons (Fsp3) is 0.650. The minimum atomic E-state index is -0.517. The zero-order chi connectivity index (χ0) is 20.2. The number of thiol groups is 1. The van der Waals surface area contributed by atoms with Crippen LogP contribution in [0.15, 0.2) is 28.4 Å². The van der Waals surface area contributed by atoms with Gasteiger partial charge in [-0.1, -0.05) is 31.6 Å². The van der Waals surface area contributed by atoms with Crippen molar-refractivity contribution >= 4 is 30.3 Å². The van der Waals surface area contributed by atoms with Gasteiger partial charge in [0.05, 0.1) is 11.8 Å². The van der Waals surface area contributed by atoms with Crippen LogP contribution in [-0.4, -0.2) is 34.1 Å². The minimum absolute atomic E-state index is 0.0856. The van der Waals surface area contributed by atoms with Gasteiger partial charge in [0.15, 0.2) is 0 Å². The first-order valence-corrected chi connectivity index (χ1v) is 9.85. The molecular weight excluding hydrogens is 362 g/mol. The van der Waals surface area contributed by atoms with Crippen molar-refractivity contribution in [3.8, 4) is 0 Å². The average molecular weight is 394 g/mol. The Balaban J connectivity index is 1.99. The highest BCUT2D eigenvalue weighted by atomic mass is 32.1. The molecule has 0 bridgehead atoms. The van der Waals surface area contributed by atoms with Gasteiger partial charge in [0.1, 0.15) is 5.60 Å². The predicted octanol–water partition coefficient (Wildman–Crippen LogP) is 3.89. The molecule has 0 aromatic heterocycles. The van der Waals surface area contributed by atoms with E-state index in [4.69, 9.17) is 4.74 Å². The number of nitrogens with zero attached hydrogens (tertiary/aromatic N) is 1. The maximum atomic E-state index is 12.0. The van der Waals surface area contributed by atoms with E-state index in [0.29, 0.717) is 6.42 Å². The van der Waals surface area contributed by atoms with Gasteiger partial charge in [0.2, 0.25) is 5.91 Å². The fourth-order valence-electron chi connectivity index (χ4n) is 3.15. The topological polar surface area (TPSA) is 79.8 Å². The molecule has 0 heterocycles. The van der Waals surface area contributed by atoms with Gasteiger partial charge in [-0.2, -0.15) is 17.7 Å². The lowest BCUT2D eigenvalue weighted by Crippen LogP contribution is -2.39. The van der Waals surface area contributed by atoms with E-state index in [1.54, 1.807) is 0 Å². The summed E-state index contributed by atoms with van der Waals surface area (Å²) in [5.74, 6) is -0.139. The first-order chi connectivity index (χ1) is 12.4. The van der Waals surface area contributed by atoms with Crippen molar-refractivity contribution < 1.29 is 14.3 Å². The summed E-state index contributed by atoms with van der Waals surface area (Å²) in [6.45, 7) is 9.32. The number of carbonyl (C=O) groups is 2. The van der Waals surface area contributed by atoms with Crippen molar-refractivity contribution in [3.63, 3.8) is 0 Å². The third kappa shape index (κ3) is 7.40. The molecule has 2 aliphatic carbocycles. The van der Waals surface area contributed by atoms with Gasteiger partial charge >= 0.3 is 6.09 Å². The van der Waals surface area contributed by atoms with Gasteiger partial charge in [0, 0.05) is 11.2 Å². The SMILES string of the molecule is CC(C)(S)CC(=O)NN=C1CCCC2=C1C=CC(NC(=O)OC(C)(C)C)C2. The number of carbonyl (C=O) groups excluding carboxylic acids is 2. The van der Waals surface area contributed by atoms with Gasteiger partial charge in [-0.05, 0) is 52.0 Å². The van der Waals surface area contributed by atoms with Crippen LogP contribution in [0.25, 0.3) is 0 Å². The first kappa shape index (κ1) is 21.5. The first-order valence-electron chi connectivity index (χ1n) is 9.41. The number of rotatable bonds is 4. The van der Waals surface area contributed by atoms with Gasteiger partial charge in [-0.15, -0.1) is 0 Å². The molecule has 6 nitrogen and oxygen atoms in total. The third-order valence-electron chi connectivity index (χ3n) is 4.16. The molecule has 150 valence electrons. The Morgan fingerprint density at radius 3 is 2.59 bits per heavy atom. The molecule has 7 heteroatoms. The lowest BCUT2D eigenvalue weighted by Gasteiger charge is -2.28. The van der Waals surface area contributed by atoms with E-state index in [9.17, 15) is 9.59 Å². The molecule has 1 unspecified atom stereocenters. The van der Waals surface area contributed by atoms with Crippen LogP contribution < -0.4 is 10.7 Å². The van der Waals surface area contributed by atoms with Crippen molar-refractivity contribution in [2.24, 2.45) is 5.10 Å². The fourth-order valence-corrected chi connectivity index (χ4v) is 3.29. The molecular formula is C20H31N3O3S. The molecule has 0 spiro atoms. The predicted molar refractivity (Wildman–Crippen MR) is 111 cm³/mol. The smallest absolute Gasteiger partial charge is 0.408 e. The summed E-state index contributed by atoms with van der Waals surface area (Å²) in [7, 11) is 0. The van der Waals surface area contributed by atoms with Gasteiger partial charge in [-0.25, -0.2) is 10.2 Å². The Labute approximate surface area is 167 Å². The summed E-state index contributed by atoms with van der Waals surface area (Å²) in [5.41, 5.74) is 5.37. The van der Waals surface area contributed by atoms with E-state index in [0.717, 1.165) is 37.0 Å². The number of hydrogen-bond acceptors (Lipinski definition) is 5. The number of ether oxygens (including phenoxy) is 1. The number of hydrazone groups is 1. The zero-order valence-electron chi connectivity index (χ0n) is 16.9. The summed E-state index contributed by atoms with van der Waals surface area (Å²) in [5, 5.41) is 7.25. The lowest BCUT2D eigenvalue weighted by molar-refractivity contribution is -0.121. The summed E-state index contributed by atoms with van der Waals surface area (Å²) >= 11 is 4.38. The number of nitrogens with one attached hydrogen (secondary N) is 2. The maximum absolute atomic E-state index is 12.0. The van der Waals surface area contributed by atoms with E-state index >= 15 is 0 Å². The maximum Gasteiger partial charge on any atom is 0.408 e. The second kappa shape index (κ2) is 8.50. The second-order valence-electron chi connectivity index (χ2n) is 8.77. The molecule has 2 N–H and O–H groups in total. The van der Waals surface area contributed by atoms with Crippen LogP contribution in [0, 0.1) is 0 Å². The van der Waals surface area contributed by atoms with Crippen LogP contribution >= 0.6 is 12.6 Å². The molecule has 0 radical (unpaired) electrons. The van der Waals surface area contributed by atoms with Crippen LogP contribution in [0.2, 0.25) is 0 Å². The monoisotopic (exact) mass is 393 g/mol. The van der Waals surface area contributed by atoms with Crippen LogP contribution in [0.1, 0.15) is 66.7 Å². The van der Waals surface area contributed by atoms with E-state index in [2.05, 4.69) is 28.5 Å². The Hall–Kier alpha value is -1.76. The quantitative estimate of drug-likeness (QED) is 0.501. The number of amides is 2. The van der Waals surface area contributed by atoms with E-state index in [1.165, 1.54) is 5.57 Å². The molecule has 0 saturated heterocycles. The molecule has 0 saturated carbocycles. The lowest BCUT2D eigenvalue weighted by atomic mass is 9.83. The Bertz CT molecular complexity index is 682. The molecule has 0 aromatic rings. The minimum Gasteiger partial charge on any atom is -0.444 e. The largest absolute Gasteiger partial charge is 0.444 e. The van der Waals surface area contributed by atoms with Crippen molar-refractivity contribution in [2.75, 3.05) is 0 Å². The Morgan fingerprint density at radius 1 is 1.26 bits per heavy atom. The highest BCUT2D eigenvalue weighted by Crippen LogP contribution is 2.31. The van der Waals surface area contributed by atoms with E-state index in [1.807, 2.05) is 46.8 Å². The van der Waals surface area contributed by atoms with Gasteiger partial charge in [-0.3, -0.25) is 4.79 Å². The zero-order valence-corrected chi connectivity index (χ0v) is 17.8. The van der Waals surface area contributed by atoms with Crippen LogP contribution in [0.4, 0.5) is 4.79 Å².